The number of carboxylic acids is 1. The fourth-order valence-electron chi connectivity index (χ4n) is 4.68. The predicted molar refractivity (Wildman–Crippen MR) is 77.0 cm³/mol. The van der Waals surface area contributed by atoms with Crippen molar-refractivity contribution >= 4 is 23.2 Å². The molecular weight excluding hydrogens is 288 g/mol. The molecule has 3 aliphatic carbocycles. The van der Waals surface area contributed by atoms with Crippen molar-refractivity contribution in [3.63, 3.8) is 0 Å². The lowest BCUT2D eigenvalue weighted by Gasteiger charge is -2.08. The molecule has 5 nitrogen and oxygen atoms in total. The number of aromatic nitrogens is 1. The summed E-state index contributed by atoms with van der Waals surface area (Å²) in [5.41, 5.74) is 0.526. The topological polar surface area (TPSA) is 79.3 Å². The molecule has 2 bridgehead atoms. The molecule has 21 heavy (non-hydrogen) atoms. The minimum atomic E-state index is -0.948. The molecule has 1 heterocycles. The number of thiazole rings is 1. The van der Waals surface area contributed by atoms with Crippen LogP contribution in [-0.4, -0.2) is 22.0 Å². The van der Waals surface area contributed by atoms with Gasteiger partial charge in [-0.05, 0) is 49.9 Å². The Hall–Kier alpha value is -1.43. The van der Waals surface area contributed by atoms with Gasteiger partial charge >= 0.3 is 5.97 Å². The first kappa shape index (κ1) is 13.2. The Bertz CT molecular complexity index is 610. The lowest BCUT2D eigenvalue weighted by molar-refractivity contribution is -0.123. The predicted octanol–water partition coefficient (Wildman–Crippen LogP) is 2.06. The van der Waals surface area contributed by atoms with Crippen LogP contribution in [0.1, 0.15) is 39.6 Å². The highest BCUT2D eigenvalue weighted by Crippen LogP contribution is 2.69. The Kier molecular flexibility index (Phi) is 2.86. The molecule has 0 spiro atoms. The zero-order valence-electron chi connectivity index (χ0n) is 11.8. The number of nitrogens with one attached hydrogen (secondary N) is 1. The number of aromatic carboxylic acids is 1. The van der Waals surface area contributed by atoms with Crippen LogP contribution in [0.4, 0.5) is 0 Å². The summed E-state index contributed by atoms with van der Waals surface area (Å²) in [7, 11) is 0. The Balaban J connectivity index is 1.36. The van der Waals surface area contributed by atoms with E-state index in [0.29, 0.717) is 29.1 Å². The molecule has 0 aliphatic heterocycles. The summed E-state index contributed by atoms with van der Waals surface area (Å²) in [6.45, 7) is 2.04. The monoisotopic (exact) mass is 306 g/mol. The normalized spacial score (nSPS) is 35.6. The third-order valence-corrected chi connectivity index (χ3v) is 6.63. The molecule has 6 heteroatoms. The van der Waals surface area contributed by atoms with E-state index in [1.807, 2.05) is 0 Å². The number of nitrogens with zero attached hydrogens (tertiary/aromatic N) is 1. The Morgan fingerprint density at radius 3 is 2.57 bits per heavy atom. The van der Waals surface area contributed by atoms with Gasteiger partial charge in [0.1, 0.15) is 9.88 Å². The molecular formula is C15H18N2O3S. The summed E-state index contributed by atoms with van der Waals surface area (Å²) in [4.78, 5) is 27.8. The summed E-state index contributed by atoms with van der Waals surface area (Å²) >= 11 is 1.15. The lowest BCUT2D eigenvalue weighted by atomic mass is 10.0. The number of aryl methyl sites for hydroxylation is 1. The van der Waals surface area contributed by atoms with Crippen LogP contribution in [0, 0.1) is 36.5 Å². The van der Waals surface area contributed by atoms with Gasteiger partial charge in [-0.25, -0.2) is 9.78 Å². The maximum atomic E-state index is 12.3. The average Bonchev–Trinajstić information content (AvgIpc) is 2.75. The molecule has 4 atom stereocenters. The molecule has 112 valence electrons. The van der Waals surface area contributed by atoms with Crippen LogP contribution in [0.5, 0.6) is 0 Å². The van der Waals surface area contributed by atoms with Gasteiger partial charge in [0.15, 0.2) is 0 Å². The first-order valence-corrected chi connectivity index (χ1v) is 8.35. The highest BCUT2D eigenvalue weighted by atomic mass is 32.1. The van der Waals surface area contributed by atoms with E-state index in [1.165, 1.54) is 19.3 Å². The zero-order valence-corrected chi connectivity index (χ0v) is 12.7. The standard InChI is InChI=1S/C15H18N2O3S/c1-6-13(15(19)20)21-9(17-6)5-16-14(18)12-10-7-2-3-8(4-7)11(10)12/h7-8,10-12H,2-5H2,1H3,(H,16,18)(H,19,20). The molecule has 3 fully saturated rings. The number of carboxylic acid groups (broad SMARTS) is 1. The van der Waals surface area contributed by atoms with Gasteiger partial charge in [0, 0.05) is 5.92 Å². The number of hydrogen-bond donors (Lipinski definition) is 2. The van der Waals surface area contributed by atoms with Crippen molar-refractivity contribution in [2.75, 3.05) is 0 Å². The second-order valence-corrected chi connectivity index (χ2v) is 7.64. The van der Waals surface area contributed by atoms with E-state index in [0.717, 1.165) is 23.2 Å². The Morgan fingerprint density at radius 1 is 1.33 bits per heavy atom. The van der Waals surface area contributed by atoms with Crippen LogP contribution in [-0.2, 0) is 11.3 Å². The molecule has 3 saturated carbocycles. The van der Waals surface area contributed by atoms with E-state index in [9.17, 15) is 9.59 Å². The summed E-state index contributed by atoms with van der Waals surface area (Å²) in [6.07, 6.45) is 3.96. The number of amides is 1. The van der Waals surface area contributed by atoms with E-state index in [2.05, 4.69) is 10.3 Å². The minimum Gasteiger partial charge on any atom is -0.477 e. The van der Waals surface area contributed by atoms with E-state index >= 15 is 0 Å². The molecule has 4 rings (SSSR count). The van der Waals surface area contributed by atoms with Gasteiger partial charge in [0.25, 0.3) is 0 Å². The average molecular weight is 306 g/mol. The number of fused-ring (bicyclic) bond motifs is 5. The first-order valence-electron chi connectivity index (χ1n) is 7.53. The Labute approximate surface area is 126 Å². The van der Waals surface area contributed by atoms with Crippen molar-refractivity contribution in [1.29, 1.82) is 0 Å². The van der Waals surface area contributed by atoms with E-state index in [-0.39, 0.29) is 16.7 Å². The minimum absolute atomic E-state index is 0.145. The Morgan fingerprint density at radius 2 is 2.00 bits per heavy atom. The molecule has 0 aromatic carbocycles. The summed E-state index contributed by atoms with van der Waals surface area (Å²) in [6, 6.07) is 0. The van der Waals surface area contributed by atoms with Gasteiger partial charge < -0.3 is 10.4 Å². The van der Waals surface area contributed by atoms with Crippen LogP contribution in [0.25, 0.3) is 0 Å². The highest BCUT2D eigenvalue weighted by Gasteiger charge is 2.67. The van der Waals surface area contributed by atoms with Gasteiger partial charge in [0.2, 0.25) is 5.91 Å². The van der Waals surface area contributed by atoms with Gasteiger partial charge in [0.05, 0.1) is 12.2 Å². The number of carbonyl (C=O) groups excluding carboxylic acids is 1. The maximum Gasteiger partial charge on any atom is 0.347 e. The second-order valence-electron chi connectivity index (χ2n) is 6.56. The van der Waals surface area contributed by atoms with Crippen molar-refractivity contribution in [3.8, 4) is 0 Å². The van der Waals surface area contributed by atoms with E-state index in [1.54, 1.807) is 6.92 Å². The van der Waals surface area contributed by atoms with Crippen LogP contribution in [0.2, 0.25) is 0 Å². The van der Waals surface area contributed by atoms with Crippen molar-refractivity contribution in [2.24, 2.45) is 29.6 Å². The molecule has 0 saturated heterocycles. The molecule has 1 amide bonds. The van der Waals surface area contributed by atoms with E-state index in [4.69, 9.17) is 5.11 Å². The first-order chi connectivity index (χ1) is 10.1. The highest BCUT2D eigenvalue weighted by molar-refractivity contribution is 7.13. The fraction of sp³-hybridized carbons (Fsp3) is 0.667. The molecule has 0 radical (unpaired) electrons. The molecule has 3 aliphatic rings. The molecule has 4 unspecified atom stereocenters. The summed E-state index contributed by atoms with van der Waals surface area (Å²) in [5.74, 6) is 2.26. The SMILES string of the molecule is Cc1nc(CNC(=O)C2C3C4CCC(C4)C23)sc1C(=O)O. The van der Waals surface area contributed by atoms with Crippen molar-refractivity contribution in [3.05, 3.63) is 15.6 Å². The largest absolute Gasteiger partial charge is 0.477 e. The number of rotatable bonds is 4. The smallest absolute Gasteiger partial charge is 0.347 e. The quantitative estimate of drug-likeness (QED) is 0.892. The van der Waals surface area contributed by atoms with Crippen LogP contribution >= 0.6 is 11.3 Å². The van der Waals surface area contributed by atoms with Crippen LogP contribution < -0.4 is 5.32 Å². The summed E-state index contributed by atoms with van der Waals surface area (Å²) in [5, 5.41) is 12.6. The van der Waals surface area contributed by atoms with Crippen LogP contribution in [0.15, 0.2) is 0 Å². The van der Waals surface area contributed by atoms with Gasteiger partial charge in [-0.15, -0.1) is 11.3 Å². The third-order valence-electron chi connectivity index (χ3n) is 5.49. The zero-order chi connectivity index (χ0) is 14.7. The van der Waals surface area contributed by atoms with Gasteiger partial charge in [-0.3, -0.25) is 4.79 Å². The van der Waals surface area contributed by atoms with Crippen molar-refractivity contribution in [1.82, 2.24) is 10.3 Å². The molecule has 1 aromatic rings. The number of hydrogen-bond acceptors (Lipinski definition) is 4. The number of carbonyl (C=O) groups is 2. The van der Waals surface area contributed by atoms with Gasteiger partial charge in [-0.1, -0.05) is 0 Å². The second kappa shape index (κ2) is 4.53. The van der Waals surface area contributed by atoms with E-state index < -0.39 is 5.97 Å². The van der Waals surface area contributed by atoms with Crippen molar-refractivity contribution < 1.29 is 14.7 Å². The maximum absolute atomic E-state index is 12.3. The fourth-order valence-corrected chi connectivity index (χ4v) is 5.53. The van der Waals surface area contributed by atoms with Gasteiger partial charge in [-0.2, -0.15) is 0 Å². The summed E-state index contributed by atoms with van der Waals surface area (Å²) < 4.78 is 0. The molecule has 2 N–H and O–H groups in total. The third kappa shape index (κ3) is 1.99. The lowest BCUT2D eigenvalue weighted by Crippen LogP contribution is -2.27. The van der Waals surface area contributed by atoms with Crippen molar-refractivity contribution in [2.45, 2.75) is 32.7 Å². The van der Waals surface area contributed by atoms with Crippen LogP contribution in [0.3, 0.4) is 0 Å². The molecule has 1 aromatic heterocycles.